The van der Waals surface area contributed by atoms with E-state index in [-0.39, 0.29) is 5.92 Å². The molecule has 5 nitrogen and oxygen atoms in total. The van der Waals surface area contributed by atoms with Crippen LogP contribution in [-0.2, 0) is 9.59 Å². The van der Waals surface area contributed by atoms with E-state index in [2.05, 4.69) is 11.9 Å². The lowest BCUT2D eigenvalue weighted by Crippen LogP contribution is -2.35. The van der Waals surface area contributed by atoms with Gasteiger partial charge in [0.2, 0.25) is 0 Å². The third-order valence-corrected chi connectivity index (χ3v) is 2.91. The molecule has 3 N–H and O–H groups in total. The smallest absolute Gasteiger partial charge is 0.361 e. The van der Waals surface area contributed by atoms with Crippen molar-refractivity contribution in [1.82, 2.24) is 5.32 Å². The molecular formula is C10H16BNO4. The molecule has 88 valence electrons. The molecule has 0 unspecified atom stereocenters. The van der Waals surface area contributed by atoms with Gasteiger partial charge in [-0.3, -0.25) is 4.79 Å². The Kier molecular flexibility index (Phi) is 4.70. The van der Waals surface area contributed by atoms with Gasteiger partial charge in [0.05, 0.1) is 0 Å². The number of carbonyl (C=O) groups is 2. The van der Waals surface area contributed by atoms with E-state index < -0.39 is 18.9 Å². The highest BCUT2D eigenvalue weighted by atomic mass is 16.4. The molecule has 1 saturated heterocycles. The topological polar surface area (TPSA) is 86.6 Å². The highest BCUT2D eigenvalue weighted by Crippen LogP contribution is 2.26. The minimum atomic E-state index is -0.939. The summed E-state index contributed by atoms with van der Waals surface area (Å²) in [6.45, 7) is 3.41. The molecule has 1 rings (SSSR count). The molecule has 6 heteroatoms. The third kappa shape index (κ3) is 3.18. The number of hydrogen-bond acceptors (Lipinski definition) is 4. The predicted octanol–water partition coefficient (Wildman–Crippen LogP) is -0.249. The van der Waals surface area contributed by atoms with Gasteiger partial charge in [-0.1, -0.05) is 18.6 Å². The largest absolute Gasteiger partial charge is 0.480 e. The highest BCUT2D eigenvalue weighted by molar-refractivity contribution is 6.78. The van der Waals surface area contributed by atoms with E-state index in [9.17, 15) is 9.59 Å². The summed E-state index contributed by atoms with van der Waals surface area (Å²) in [5.74, 6) is -0.976. The first-order valence-electron chi connectivity index (χ1n) is 5.33. The van der Waals surface area contributed by atoms with Crippen LogP contribution in [-0.4, -0.2) is 41.8 Å². The second-order valence-corrected chi connectivity index (χ2v) is 4.10. The van der Waals surface area contributed by atoms with Crippen LogP contribution in [0.1, 0.15) is 12.8 Å². The van der Waals surface area contributed by atoms with Gasteiger partial charge in [-0.05, 0) is 12.7 Å². The predicted molar refractivity (Wildman–Crippen MR) is 60.8 cm³/mol. The van der Waals surface area contributed by atoms with Gasteiger partial charge in [0.1, 0.15) is 12.2 Å². The maximum atomic E-state index is 10.9. The molecule has 0 aromatic heterocycles. The van der Waals surface area contributed by atoms with Gasteiger partial charge < -0.3 is 20.2 Å². The normalized spacial score (nSPS) is 24.4. The highest BCUT2D eigenvalue weighted by Gasteiger charge is 2.34. The zero-order chi connectivity index (χ0) is 12.1. The Bertz CT molecular complexity index is 295. The maximum Gasteiger partial charge on any atom is 0.361 e. The van der Waals surface area contributed by atoms with Crippen molar-refractivity contribution in [3.05, 3.63) is 12.2 Å². The zero-order valence-corrected chi connectivity index (χ0v) is 9.06. The van der Waals surface area contributed by atoms with E-state index in [4.69, 9.17) is 10.1 Å². The Labute approximate surface area is 94.6 Å². The van der Waals surface area contributed by atoms with Crippen molar-refractivity contribution in [3.63, 3.8) is 0 Å². The Morgan fingerprint density at radius 1 is 1.69 bits per heavy atom. The summed E-state index contributed by atoms with van der Waals surface area (Å²) in [7, 11) is 0. The number of carboxylic acids is 1. The number of nitrogens with one attached hydrogen (secondary N) is 1. The van der Waals surface area contributed by atoms with Gasteiger partial charge >= 0.3 is 12.9 Å². The molecule has 2 atom stereocenters. The fourth-order valence-electron chi connectivity index (χ4n) is 2.00. The quantitative estimate of drug-likeness (QED) is 0.329. The van der Waals surface area contributed by atoms with Gasteiger partial charge in [-0.25, -0.2) is 0 Å². The molecule has 0 aromatic rings. The standard InChI is InChI=1S/C10H16BNO4/c1-7-5-12-9(10(14)15)8(7)3-2-4-11(16)6-13/h6,8-9,12,16H,1-5H2,(H,14,15)/t8-,9+/m1/s1. The molecule has 0 spiro atoms. The van der Waals surface area contributed by atoms with Crippen LogP contribution in [0.15, 0.2) is 12.2 Å². The minimum Gasteiger partial charge on any atom is -0.480 e. The van der Waals surface area contributed by atoms with E-state index in [0.29, 0.717) is 31.9 Å². The number of rotatable bonds is 6. The van der Waals surface area contributed by atoms with Crippen molar-refractivity contribution >= 4 is 19.1 Å². The Balaban J connectivity index is 2.41. The van der Waals surface area contributed by atoms with E-state index in [0.717, 1.165) is 5.57 Å². The minimum absolute atomic E-state index is 0.101. The zero-order valence-electron chi connectivity index (χ0n) is 9.06. The molecule has 0 radical (unpaired) electrons. The molecule has 0 aromatic carbocycles. The maximum absolute atomic E-state index is 10.9. The molecule has 0 aliphatic carbocycles. The summed E-state index contributed by atoms with van der Waals surface area (Å²) in [5.41, 5.74) is 0.882. The molecule has 1 aliphatic rings. The number of hydrogen-bond donors (Lipinski definition) is 3. The van der Waals surface area contributed by atoms with Crippen molar-refractivity contribution < 1.29 is 19.7 Å². The first kappa shape index (κ1) is 12.9. The molecule has 1 fully saturated rings. The lowest BCUT2D eigenvalue weighted by molar-refractivity contribution is -0.140. The molecule has 0 saturated carbocycles. The lowest BCUT2D eigenvalue weighted by atomic mass is 9.65. The van der Waals surface area contributed by atoms with Crippen molar-refractivity contribution in [2.75, 3.05) is 6.54 Å². The van der Waals surface area contributed by atoms with Crippen LogP contribution in [0.5, 0.6) is 0 Å². The molecule has 16 heavy (non-hydrogen) atoms. The Hall–Kier alpha value is -1.14. The van der Waals surface area contributed by atoms with Crippen LogP contribution in [0.25, 0.3) is 0 Å². The summed E-state index contributed by atoms with van der Waals surface area (Å²) in [6.07, 6.45) is 2.12. The van der Waals surface area contributed by atoms with Crippen molar-refractivity contribution in [3.8, 4) is 0 Å². The van der Waals surface area contributed by atoms with Crippen LogP contribution >= 0.6 is 0 Å². The second-order valence-electron chi connectivity index (χ2n) is 4.10. The van der Waals surface area contributed by atoms with Gasteiger partial charge in [0.15, 0.2) is 0 Å². The number of aliphatic carboxylic acids is 1. The lowest BCUT2D eigenvalue weighted by Gasteiger charge is -2.15. The monoisotopic (exact) mass is 225 g/mol. The van der Waals surface area contributed by atoms with Crippen molar-refractivity contribution in [2.45, 2.75) is 25.2 Å². The average Bonchev–Trinajstić information content (AvgIpc) is 2.60. The Morgan fingerprint density at radius 3 is 2.94 bits per heavy atom. The molecule has 1 aliphatic heterocycles. The van der Waals surface area contributed by atoms with Crippen LogP contribution in [0.3, 0.4) is 0 Å². The summed E-state index contributed by atoms with van der Waals surface area (Å²) >= 11 is 0. The Morgan fingerprint density at radius 2 is 2.38 bits per heavy atom. The first-order valence-corrected chi connectivity index (χ1v) is 5.33. The second kappa shape index (κ2) is 5.82. The van der Waals surface area contributed by atoms with Gasteiger partial charge in [0.25, 0.3) is 0 Å². The van der Waals surface area contributed by atoms with Crippen LogP contribution < -0.4 is 5.32 Å². The van der Waals surface area contributed by atoms with E-state index in [1.165, 1.54) is 0 Å². The van der Waals surface area contributed by atoms with Crippen molar-refractivity contribution in [2.24, 2.45) is 5.92 Å². The van der Waals surface area contributed by atoms with Crippen LogP contribution in [0, 0.1) is 5.92 Å². The summed E-state index contributed by atoms with van der Waals surface area (Å²) in [4.78, 5) is 21.1. The first-order chi connectivity index (χ1) is 7.56. The summed E-state index contributed by atoms with van der Waals surface area (Å²) in [6, 6.07) is -0.583. The molecule has 0 bridgehead atoms. The molecule has 1 heterocycles. The molecular weight excluding hydrogens is 209 g/mol. The third-order valence-electron chi connectivity index (χ3n) is 2.91. The van der Waals surface area contributed by atoms with E-state index >= 15 is 0 Å². The van der Waals surface area contributed by atoms with Gasteiger partial charge in [0, 0.05) is 12.5 Å². The van der Waals surface area contributed by atoms with Crippen LogP contribution in [0.4, 0.5) is 0 Å². The van der Waals surface area contributed by atoms with E-state index in [1.54, 1.807) is 0 Å². The fourth-order valence-corrected chi connectivity index (χ4v) is 2.00. The van der Waals surface area contributed by atoms with E-state index in [1.807, 2.05) is 0 Å². The summed E-state index contributed by atoms with van der Waals surface area (Å²) < 4.78 is 0. The molecule has 0 amide bonds. The van der Waals surface area contributed by atoms with Crippen molar-refractivity contribution in [1.29, 1.82) is 0 Å². The average molecular weight is 225 g/mol. The fraction of sp³-hybridized carbons (Fsp3) is 0.600. The summed E-state index contributed by atoms with van der Waals surface area (Å²) in [5, 5.41) is 20.9. The number of carbonyl (C=O) groups excluding carboxylic acids is 1. The van der Waals surface area contributed by atoms with Gasteiger partial charge in [-0.15, -0.1) is 0 Å². The SMILES string of the molecule is C=C1CN[C@H](C(=O)O)[C@@H]1CCCB(O)C=O. The van der Waals surface area contributed by atoms with Gasteiger partial charge in [-0.2, -0.15) is 0 Å². The number of carboxylic acid groups (broad SMARTS) is 1. The van der Waals surface area contributed by atoms with Crippen LogP contribution in [0.2, 0.25) is 6.32 Å².